The van der Waals surface area contributed by atoms with Crippen LogP contribution in [0.1, 0.15) is 106 Å². The molecule has 0 bridgehead atoms. The fourth-order valence-electron chi connectivity index (χ4n) is 4.74. The summed E-state index contributed by atoms with van der Waals surface area (Å²) in [6.07, 6.45) is 10.5. The van der Waals surface area contributed by atoms with Crippen LogP contribution in [0.4, 0.5) is 0 Å². The standard InChI is InChI=1S/C11H16.3C10H14/c1-3-7-11-9-6-5-8-10(11)4-2;1-3-9-5-7-10(4-2)8-6-9;1-3-9-6-5-7-10(4-2)8-9;1-3-9-7-5-6-8-10(9)4-2/h5-6,8-9H,3-4,7H2,1-2H3;3*5-8H,3-4H2,1-2H3. The van der Waals surface area contributed by atoms with Crippen molar-refractivity contribution in [2.45, 2.75) is 113 Å². The monoisotopic (exact) mass is 550 g/mol. The van der Waals surface area contributed by atoms with E-state index in [0.717, 1.165) is 44.9 Å². The van der Waals surface area contributed by atoms with Crippen molar-refractivity contribution in [1.29, 1.82) is 0 Å². The van der Waals surface area contributed by atoms with Crippen LogP contribution in [0.25, 0.3) is 0 Å². The minimum absolute atomic E-state index is 1.14. The largest absolute Gasteiger partial charge is 0.0651 e. The van der Waals surface area contributed by atoms with Crippen molar-refractivity contribution in [2.24, 2.45) is 0 Å². The van der Waals surface area contributed by atoms with E-state index in [9.17, 15) is 0 Å². The van der Waals surface area contributed by atoms with Crippen LogP contribution in [0.3, 0.4) is 0 Å². The molecule has 0 radical (unpaired) electrons. The van der Waals surface area contributed by atoms with Gasteiger partial charge in [0.15, 0.2) is 0 Å². The molecule has 0 aromatic heterocycles. The average molecular weight is 551 g/mol. The molecule has 0 N–H and O–H groups in total. The number of aryl methyl sites for hydroxylation is 8. The van der Waals surface area contributed by atoms with Crippen LogP contribution >= 0.6 is 0 Å². The zero-order valence-corrected chi connectivity index (χ0v) is 27.6. The first-order valence-electron chi connectivity index (χ1n) is 16.3. The molecule has 0 fully saturated rings. The summed E-state index contributed by atoms with van der Waals surface area (Å²) in [6, 6.07) is 35.0. The van der Waals surface area contributed by atoms with Crippen molar-refractivity contribution < 1.29 is 0 Å². The van der Waals surface area contributed by atoms with Crippen molar-refractivity contribution in [3.05, 3.63) is 142 Å². The molecule has 0 nitrogen and oxygen atoms in total. The van der Waals surface area contributed by atoms with Crippen LogP contribution in [-0.2, 0) is 51.4 Å². The Morgan fingerprint density at radius 2 is 0.659 bits per heavy atom. The second-order valence-corrected chi connectivity index (χ2v) is 10.4. The van der Waals surface area contributed by atoms with E-state index in [-0.39, 0.29) is 0 Å². The first-order valence-corrected chi connectivity index (χ1v) is 16.3. The summed E-state index contributed by atoms with van der Waals surface area (Å²) in [7, 11) is 0. The van der Waals surface area contributed by atoms with Crippen molar-refractivity contribution in [3.63, 3.8) is 0 Å². The molecule has 0 heterocycles. The molecular formula is C41H58. The Morgan fingerprint density at radius 3 is 0.976 bits per heavy atom. The lowest BCUT2D eigenvalue weighted by Gasteiger charge is -2.04. The Labute approximate surface area is 254 Å². The lowest BCUT2D eigenvalue weighted by Crippen LogP contribution is -1.90. The van der Waals surface area contributed by atoms with Gasteiger partial charge in [-0.05, 0) is 95.9 Å². The molecule has 0 heteroatoms. The SMILES string of the molecule is CCCc1ccccc1CC.CCc1ccc(CC)cc1.CCc1cccc(CC)c1.CCc1ccccc1CC. The van der Waals surface area contributed by atoms with Gasteiger partial charge in [-0.25, -0.2) is 0 Å². The number of hydrogen-bond donors (Lipinski definition) is 0. The summed E-state index contributed by atoms with van der Waals surface area (Å²) in [6.45, 7) is 17.6. The predicted octanol–water partition coefficient (Wildman–Crippen LogP) is 11.6. The maximum Gasteiger partial charge on any atom is -0.0279 e. The van der Waals surface area contributed by atoms with Crippen LogP contribution < -0.4 is 0 Å². The Bertz CT molecular complexity index is 1120. The van der Waals surface area contributed by atoms with Crippen molar-refractivity contribution in [3.8, 4) is 0 Å². The second kappa shape index (κ2) is 22.6. The molecule has 0 saturated heterocycles. The molecule has 0 spiro atoms. The number of rotatable bonds is 9. The summed E-state index contributed by atoms with van der Waals surface area (Å²) in [4.78, 5) is 0. The van der Waals surface area contributed by atoms with Crippen LogP contribution in [0, 0.1) is 0 Å². The van der Waals surface area contributed by atoms with Gasteiger partial charge in [-0.3, -0.25) is 0 Å². The van der Waals surface area contributed by atoms with Gasteiger partial charge in [0.25, 0.3) is 0 Å². The molecule has 0 saturated carbocycles. The molecule has 41 heavy (non-hydrogen) atoms. The van der Waals surface area contributed by atoms with E-state index in [1.165, 1.54) is 57.3 Å². The van der Waals surface area contributed by atoms with Crippen molar-refractivity contribution in [1.82, 2.24) is 0 Å². The van der Waals surface area contributed by atoms with E-state index in [1.54, 1.807) is 0 Å². The van der Waals surface area contributed by atoms with Crippen molar-refractivity contribution in [2.75, 3.05) is 0 Å². The Hall–Kier alpha value is -3.12. The smallest absolute Gasteiger partial charge is 0.0279 e. The summed E-state index contributed by atoms with van der Waals surface area (Å²) in [5.74, 6) is 0. The zero-order valence-electron chi connectivity index (χ0n) is 27.6. The summed E-state index contributed by atoms with van der Waals surface area (Å²) >= 11 is 0. The van der Waals surface area contributed by atoms with Crippen LogP contribution in [0.5, 0.6) is 0 Å². The normalized spacial score (nSPS) is 9.85. The van der Waals surface area contributed by atoms with Gasteiger partial charge in [0.1, 0.15) is 0 Å². The Balaban J connectivity index is 0.000000274. The third-order valence-electron chi connectivity index (χ3n) is 7.55. The maximum atomic E-state index is 2.28. The van der Waals surface area contributed by atoms with Gasteiger partial charge in [-0.1, -0.05) is 159 Å². The van der Waals surface area contributed by atoms with Gasteiger partial charge >= 0.3 is 0 Å². The van der Waals surface area contributed by atoms with Gasteiger partial charge in [0, 0.05) is 0 Å². The highest BCUT2D eigenvalue weighted by Gasteiger charge is 1.96. The highest BCUT2D eigenvalue weighted by atomic mass is 14.0. The first kappa shape index (κ1) is 35.9. The maximum absolute atomic E-state index is 2.28. The Morgan fingerprint density at radius 1 is 0.317 bits per heavy atom. The molecule has 0 amide bonds. The van der Waals surface area contributed by atoms with E-state index in [4.69, 9.17) is 0 Å². The van der Waals surface area contributed by atoms with Crippen LogP contribution in [0.15, 0.2) is 97.1 Å². The lowest BCUT2D eigenvalue weighted by molar-refractivity contribution is 0.899. The van der Waals surface area contributed by atoms with Crippen molar-refractivity contribution >= 4 is 0 Å². The van der Waals surface area contributed by atoms with Crippen LogP contribution in [0.2, 0.25) is 0 Å². The summed E-state index contributed by atoms with van der Waals surface area (Å²) in [5, 5.41) is 0. The fraction of sp³-hybridized carbons (Fsp3) is 0.415. The van der Waals surface area contributed by atoms with Gasteiger partial charge < -0.3 is 0 Å². The lowest BCUT2D eigenvalue weighted by atomic mass is 10.0. The van der Waals surface area contributed by atoms with Crippen LogP contribution in [-0.4, -0.2) is 0 Å². The summed E-state index contributed by atoms with van der Waals surface area (Å²) in [5.41, 5.74) is 11.8. The fourth-order valence-corrected chi connectivity index (χ4v) is 4.74. The number of hydrogen-bond acceptors (Lipinski definition) is 0. The minimum Gasteiger partial charge on any atom is -0.0651 e. The molecular weight excluding hydrogens is 492 g/mol. The molecule has 4 aromatic rings. The van der Waals surface area contributed by atoms with E-state index >= 15 is 0 Å². The molecule has 4 aromatic carbocycles. The highest BCUT2D eigenvalue weighted by Crippen LogP contribution is 2.11. The quantitative estimate of drug-likeness (QED) is 0.194. The van der Waals surface area contributed by atoms with E-state index in [0.29, 0.717) is 0 Å². The van der Waals surface area contributed by atoms with Gasteiger partial charge in [-0.2, -0.15) is 0 Å². The zero-order chi connectivity index (χ0) is 30.3. The molecule has 0 aliphatic carbocycles. The number of benzene rings is 4. The first-order chi connectivity index (χ1) is 20.0. The average Bonchev–Trinajstić information content (AvgIpc) is 3.06. The van der Waals surface area contributed by atoms with Gasteiger partial charge in [0.05, 0.1) is 0 Å². The summed E-state index contributed by atoms with van der Waals surface area (Å²) < 4.78 is 0. The van der Waals surface area contributed by atoms with E-state index < -0.39 is 0 Å². The molecule has 4 rings (SSSR count). The molecule has 0 atom stereocenters. The molecule has 0 unspecified atom stereocenters. The van der Waals surface area contributed by atoms with Gasteiger partial charge in [-0.15, -0.1) is 0 Å². The van der Waals surface area contributed by atoms with E-state index in [1.807, 2.05) is 0 Å². The van der Waals surface area contributed by atoms with Gasteiger partial charge in [0.2, 0.25) is 0 Å². The molecule has 222 valence electrons. The second-order valence-electron chi connectivity index (χ2n) is 10.4. The highest BCUT2D eigenvalue weighted by molar-refractivity contribution is 5.28. The van der Waals surface area contributed by atoms with E-state index in [2.05, 4.69) is 152 Å². The molecule has 0 aliphatic rings. The third-order valence-corrected chi connectivity index (χ3v) is 7.55. The third kappa shape index (κ3) is 14.4. The minimum atomic E-state index is 1.14. The predicted molar refractivity (Wildman–Crippen MR) is 185 cm³/mol. The topological polar surface area (TPSA) is 0 Å². The Kier molecular flexibility index (Phi) is 19.8. The molecule has 0 aliphatic heterocycles.